The molecule has 8 nitrogen and oxygen atoms in total. The van der Waals surface area contributed by atoms with Gasteiger partial charge in [0.25, 0.3) is 0 Å². The third-order valence-electron chi connectivity index (χ3n) is 9.51. The number of cyclic esters (lactones) is 1. The zero-order valence-electron chi connectivity index (χ0n) is 24.2. The SMILES string of the molecule is CC1(C)OC(=O)c2cc3cc(NC(=O)[C@@H]4[C@H](c5ccccc5)CCN4C(=O)[C@H]4CC[C@H]([C@H](N)CCF)CC4)ccc3n21. The predicted molar refractivity (Wildman–Crippen MR) is 159 cm³/mol. The number of benzene rings is 2. The van der Waals surface area contributed by atoms with Crippen molar-refractivity contribution in [3.8, 4) is 0 Å². The minimum Gasteiger partial charge on any atom is -0.434 e. The monoisotopic (exact) mass is 574 g/mol. The number of likely N-dealkylation sites (tertiary alicyclic amines) is 1. The second-order valence-corrected chi connectivity index (χ2v) is 12.5. The zero-order valence-corrected chi connectivity index (χ0v) is 24.2. The van der Waals surface area contributed by atoms with Gasteiger partial charge in [-0.05, 0) is 88.1 Å². The third-order valence-corrected chi connectivity index (χ3v) is 9.51. The van der Waals surface area contributed by atoms with Gasteiger partial charge >= 0.3 is 5.97 Å². The second-order valence-electron chi connectivity index (χ2n) is 12.5. The number of esters is 1. The van der Waals surface area contributed by atoms with Gasteiger partial charge in [-0.15, -0.1) is 0 Å². The van der Waals surface area contributed by atoms with Gasteiger partial charge in [0, 0.05) is 35.5 Å². The van der Waals surface area contributed by atoms with E-state index in [1.807, 2.05) is 66.9 Å². The average molecular weight is 575 g/mol. The lowest BCUT2D eigenvalue weighted by Crippen LogP contribution is -2.48. The van der Waals surface area contributed by atoms with Gasteiger partial charge in [-0.3, -0.25) is 18.5 Å². The van der Waals surface area contributed by atoms with Gasteiger partial charge in [0.1, 0.15) is 11.7 Å². The first-order chi connectivity index (χ1) is 20.2. The molecule has 0 bridgehead atoms. The first kappa shape index (κ1) is 28.4. The minimum atomic E-state index is -0.788. The van der Waals surface area contributed by atoms with Crippen LogP contribution in [0.4, 0.5) is 10.1 Å². The molecule has 2 amide bonds. The number of nitrogens with zero attached hydrogens (tertiary/aromatic N) is 2. The van der Waals surface area contributed by atoms with Crippen molar-refractivity contribution in [3.05, 3.63) is 65.9 Å². The number of fused-ring (bicyclic) bond motifs is 3. The zero-order chi connectivity index (χ0) is 29.6. The first-order valence-corrected chi connectivity index (χ1v) is 15.0. The maximum atomic E-state index is 14.0. The van der Waals surface area contributed by atoms with E-state index in [-0.39, 0.29) is 41.6 Å². The van der Waals surface area contributed by atoms with Gasteiger partial charge < -0.3 is 20.7 Å². The van der Waals surface area contributed by atoms with Crippen molar-refractivity contribution >= 4 is 34.4 Å². The molecule has 1 aliphatic carbocycles. The number of carbonyl (C=O) groups excluding carboxylic acids is 3. The molecule has 0 spiro atoms. The number of hydrogen-bond donors (Lipinski definition) is 2. The van der Waals surface area contributed by atoms with Crippen molar-refractivity contribution in [3.63, 3.8) is 0 Å². The average Bonchev–Trinajstić information content (AvgIpc) is 3.65. The van der Waals surface area contributed by atoms with Gasteiger partial charge in [0.2, 0.25) is 11.8 Å². The lowest BCUT2D eigenvalue weighted by atomic mass is 9.77. The van der Waals surface area contributed by atoms with Crippen LogP contribution in [-0.2, 0) is 20.1 Å². The van der Waals surface area contributed by atoms with Gasteiger partial charge in [-0.25, -0.2) is 4.79 Å². The molecule has 42 heavy (non-hydrogen) atoms. The molecule has 0 unspecified atom stereocenters. The Balaban J connectivity index is 1.23. The standard InChI is InChI=1S/C33H39FN4O4/c1-33(2)38-27-13-12-24(18-23(27)19-28(38)32(41)42-33)36-30(39)29-25(20-6-4-3-5-7-20)15-17-37(29)31(40)22-10-8-21(9-11-22)26(35)14-16-34/h3-7,12-13,18-19,21-22,25-26,29H,8-11,14-17,35H2,1-2H3,(H,36,39)/t21-,22-,25-,26+,29-/m0/s1. The van der Waals surface area contributed by atoms with Gasteiger partial charge in [0.05, 0.1) is 12.2 Å². The Labute approximate surface area is 245 Å². The van der Waals surface area contributed by atoms with Crippen molar-refractivity contribution in [2.45, 2.75) is 76.1 Å². The lowest BCUT2D eigenvalue weighted by molar-refractivity contribution is -0.141. The van der Waals surface area contributed by atoms with Crippen LogP contribution < -0.4 is 11.1 Å². The van der Waals surface area contributed by atoms with Crippen LogP contribution in [0, 0.1) is 11.8 Å². The normalized spacial score (nSPS) is 25.7. The molecule has 3 heterocycles. The quantitative estimate of drug-likeness (QED) is 0.372. The van der Waals surface area contributed by atoms with Gasteiger partial charge in [-0.1, -0.05) is 30.3 Å². The van der Waals surface area contributed by atoms with E-state index >= 15 is 0 Å². The fourth-order valence-electron chi connectivity index (χ4n) is 7.37. The summed E-state index contributed by atoms with van der Waals surface area (Å²) in [6, 6.07) is 16.5. The summed E-state index contributed by atoms with van der Waals surface area (Å²) in [5.41, 5.74) is 8.37. The van der Waals surface area contributed by atoms with Crippen LogP contribution in [0.5, 0.6) is 0 Å². The molecule has 3 aliphatic rings. The molecule has 1 aromatic heterocycles. The number of ether oxygens (including phenoxy) is 1. The van der Waals surface area contributed by atoms with Crippen LogP contribution >= 0.6 is 0 Å². The fourth-order valence-corrected chi connectivity index (χ4v) is 7.37. The highest BCUT2D eigenvalue weighted by Gasteiger charge is 2.45. The number of amides is 2. The predicted octanol–water partition coefficient (Wildman–Crippen LogP) is 5.32. The molecule has 2 fully saturated rings. The number of nitrogens with one attached hydrogen (secondary N) is 1. The summed E-state index contributed by atoms with van der Waals surface area (Å²) < 4.78 is 20.2. The summed E-state index contributed by atoms with van der Waals surface area (Å²) >= 11 is 0. The summed E-state index contributed by atoms with van der Waals surface area (Å²) in [4.78, 5) is 42.1. The highest BCUT2D eigenvalue weighted by atomic mass is 19.1. The topological polar surface area (TPSA) is 107 Å². The van der Waals surface area contributed by atoms with Crippen LogP contribution in [-0.4, -0.2) is 52.6 Å². The number of alkyl halides is 1. The number of halogens is 1. The summed E-state index contributed by atoms with van der Waals surface area (Å²) in [7, 11) is 0. The Morgan fingerprint density at radius 2 is 1.81 bits per heavy atom. The number of hydrogen-bond acceptors (Lipinski definition) is 5. The number of anilines is 1. The molecular formula is C33H39FN4O4. The van der Waals surface area contributed by atoms with E-state index in [1.54, 1.807) is 11.0 Å². The number of rotatable bonds is 7. The van der Waals surface area contributed by atoms with Crippen LogP contribution in [0.2, 0.25) is 0 Å². The van der Waals surface area contributed by atoms with E-state index in [2.05, 4.69) is 5.32 Å². The smallest absolute Gasteiger partial charge is 0.357 e. The summed E-state index contributed by atoms with van der Waals surface area (Å²) in [5, 5.41) is 3.91. The lowest BCUT2D eigenvalue weighted by Gasteiger charge is -2.35. The van der Waals surface area contributed by atoms with E-state index in [1.165, 1.54) is 0 Å². The molecule has 2 aliphatic heterocycles. The Morgan fingerprint density at radius 1 is 1.07 bits per heavy atom. The van der Waals surface area contributed by atoms with Crippen LogP contribution in [0.3, 0.4) is 0 Å². The molecule has 2 aromatic carbocycles. The molecule has 1 saturated carbocycles. The van der Waals surface area contributed by atoms with E-state index in [9.17, 15) is 18.8 Å². The summed E-state index contributed by atoms with van der Waals surface area (Å²) in [5.74, 6) is -0.622. The van der Waals surface area contributed by atoms with Gasteiger partial charge in [0.15, 0.2) is 5.72 Å². The van der Waals surface area contributed by atoms with Crippen molar-refractivity contribution in [2.75, 3.05) is 18.5 Å². The maximum absolute atomic E-state index is 14.0. The van der Waals surface area contributed by atoms with E-state index in [4.69, 9.17) is 10.5 Å². The number of carbonyl (C=O) groups is 3. The van der Waals surface area contributed by atoms with Crippen molar-refractivity contribution in [1.29, 1.82) is 0 Å². The van der Waals surface area contributed by atoms with E-state index in [0.29, 0.717) is 43.6 Å². The molecule has 222 valence electrons. The molecule has 6 rings (SSSR count). The highest BCUT2D eigenvalue weighted by molar-refractivity contribution is 6.02. The Hall–Kier alpha value is -3.72. The highest BCUT2D eigenvalue weighted by Crippen LogP contribution is 2.39. The Morgan fingerprint density at radius 3 is 2.52 bits per heavy atom. The van der Waals surface area contributed by atoms with Crippen molar-refractivity contribution in [1.82, 2.24) is 9.47 Å². The van der Waals surface area contributed by atoms with Gasteiger partial charge in [-0.2, -0.15) is 0 Å². The molecular weight excluding hydrogens is 535 g/mol. The molecule has 1 saturated heterocycles. The minimum absolute atomic E-state index is 0.0196. The largest absolute Gasteiger partial charge is 0.434 e. The maximum Gasteiger partial charge on any atom is 0.357 e. The molecule has 0 radical (unpaired) electrons. The first-order valence-electron chi connectivity index (χ1n) is 15.0. The Bertz CT molecular complexity index is 1490. The number of aromatic nitrogens is 1. The molecule has 9 heteroatoms. The Kier molecular flexibility index (Phi) is 7.55. The summed E-state index contributed by atoms with van der Waals surface area (Å²) in [6.45, 7) is 3.78. The van der Waals surface area contributed by atoms with E-state index < -0.39 is 18.4 Å². The van der Waals surface area contributed by atoms with Crippen molar-refractivity contribution in [2.24, 2.45) is 17.6 Å². The molecule has 3 aromatic rings. The van der Waals surface area contributed by atoms with Crippen LogP contribution in [0.25, 0.3) is 10.9 Å². The summed E-state index contributed by atoms with van der Waals surface area (Å²) in [6.07, 6.45) is 4.08. The van der Waals surface area contributed by atoms with Crippen LogP contribution in [0.15, 0.2) is 54.6 Å². The number of nitrogens with two attached hydrogens (primary N) is 1. The third kappa shape index (κ3) is 5.08. The fraction of sp³-hybridized carbons (Fsp3) is 0.485. The molecule has 3 atom stereocenters. The van der Waals surface area contributed by atoms with Crippen LogP contribution in [0.1, 0.15) is 74.3 Å². The molecule has 3 N–H and O–H groups in total. The van der Waals surface area contributed by atoms with E-state index in [0.717, 1.165) is 29.3 Å². The van der Waals surface area contributed by atoms with Crippen molar-refractivity contribution < 1.29 is 23.5 Å². The second kappa shape index (κ2) is 11.2.